The van der Waals surface area contributed by atoms with Crippen LogP contribution in [-0.4, -0.2) is 6.71 Å². The summed E-state index contributed by atoms with van der Waals surface area (Å²) in [6.07, 6.45) is 0. The molecule has 0 fully saturated rings. The molecule has 0 saturated carbocycles. The largest absolute Gasteiger partial charge is 0.453 e. The predicted octanol–water partition coefficient (Wildman–Crippen LogP) is 26.7. The van der Waals surface area contributed by atoms with Crippen molar-refractivity contribution in [2.24, 2.45) is 0 Å². The van der Waals surface area contributed by atoms with E-state index < -0.39 is 0 Å². The Morgan fingerprint density at radius 3 is 0.752 bits per heavy atom. The summed E-state index contributed by atoms with van der Waals surface area (Å²) < 4.78 is 6.92. The van der Waals surface area contributed by atoms with Gasteiger partial charge >= 0.3 is 0 Å². The number of ether oxygens (including phenoxy) is 1. The van der Waals surface area contributed by atoms with Crippen LogP contribution >= 0.6 is 0 Å². The van der Waals surface area contributed by atoms with Gasteiger partial charge in [0.25, 0.3) is 6.71 Å². The van der Waals surface area contributed by atoms with Crippen LogP contribution in [0.5, 0.6) is 11.5 Å². The van der Waals surface area contributed by atoms with E-state index in [4.69, 9.17) is 4.74 Å². The quantitative estimate of drug-likeness (QED) is 0.134. The third-order valence-corrected chi connectivity index (χ3v) is 22.0. The van der Waals surface area contributed by atoms with Crippen LogP contribution in [0.3, 0.4) is 0 Å². The van der Waals surface area contributed by atoms with Gasteiger partial charge in [-0.25, -0.2) is 0 Å². The molecule has 7 heteroatoms. The number of para-hydroxylation sites is 4. The van der Waals surface area contributed by atoms with E-state index in [1.54, 1.807) is 0 Å². The smallest absolute Gasteiger partial charge is 0.252 e. The summed E-state index contributed by atoms with van der Waals surface area (Å²) >= 11 is 0. The SMILES string of the molecule is CC(C)(C)c1ccc(N(c2ccc(C(C)(C)C)cc2)c2ccc3c(c2)N(c2cc(C(C)(C)C)cc(C(C)(C)C)c2)c2cc(N4c5ccccc5Oc5ccccc54)cc4c2B3c2ccc(N(c3ccc(C(C)(C)C)cc3)c3ccc(C(C)(C)C)cc3)cc2N4c2cc(C(C)(C)C)cc(C(C)(C)C)c2)cc1. The van der Waals surface area contributed by atoms with Gasteiger partial charge in [0.2, 0.25) is 0 Å². The van der Waals surface area contributed by atoms with Gasteiger partial charge in [0.05, 0.1) is 17.1 Å². The average molecular weight is 1380 g/mol. The van der Waals surface area contributed by atoms with Crippen molar-refractivity contribution in [1.82, 2.24) is 0 Å². The van der Waals surface area contributed by atoms with E-state index in [1.165, 1.54) is 60.9 Å². The Kier molecular flexibility index (Phi) is 17.6. The topological polar surface area (TPSA) is 25.4 Å². The molecule has 0 spiro atoms. The van der Waals surface area contributed by atoms with Crippen LogP contribution in [0.1, 0.15) is 211 Å². The lowest BCUT2D eigenvalue weighted by Gasteiger charge is -2.46. The van der Waals surface area contributed by atoms with Gasteiger partial charge in [-0.2, -0.15) is 0 Å². The first-order valence-electron chi connectivity index (χ1n) is 38.2. The number of anilines is 15. The van der Waals surface area contributed by atoms with Crippen LogP contribution in [0.2, 0.25) is 0 Å². The van der Waals surface area contributed by atoms with E-state index in [0.29, 0.717) is 0 Å². The molecule has 0 amide bonds. The minimum absolute atomic E-state index is 0.0292. The lowest BCUT2D eigenvalue weighted by atomic mass is 9.33. The maximum absolute atomic E-state index is 6.92. The maximum atomic E-state index is 6.92. The molecule has 0 unspecified atom stereocenters. The van der Waals surface area contributed by atoms with Gasteiger partial charge in [0, 0.05) is 68.2 Å². The molecule has 0 bridgehead atoms. The summed E-state index contributed by atoms with van der Waals surface area (Å²) in [5.74, 6) is 1.61. The number of hydrogen-bond acceptors (Lipinski definition) is 6. The molecule has 11 aromatic rings. The average Bonchev–Trinajstić information content (AvgIpc) is 0.689. The second-order valence-corrected chi connectivity index (χ2v) is 38.3. The summed E-state index contributed by atoms with van der Waals surface area (Å²) in [5.41, 5.74) is 29.3. The second-order valence-electron chi connectivity index (χ2n) is 38.3. The summed E-state index contributed by atoms with van der Waals surface area (Å²) in [6.45, 7) is 55.8. The van der Waals surface area contributed by atoms with Crippen LogP contribution in [0.25, 0.3) is 0 Å². The zero-order valence-corrected chi connectivity index (χ0v) is 67.2. The first-order valence-corrected chi connectivity index (χ1v) is 38.2. The maximum Gasteiger partial charge on any atom is 0.252 e. The molecule has 536 valence electrons. The molecule has 0 saturated heterocycles. The normalized spacial score (nSPS) is 13.9. The number of nitrogens with zero attached hydrogens (tertiary/aromatic N) is 5. The van der Waals surface area contributed by atoms with Gasteiger partial charge < -0.3 is 29.2 Å². The Bertz CT molecular complexity index is 4630. The van der Waals surface area contributed by atoms with Crippen molar-refractivity contribution in [3.8, 4) is 11.5 Å². The van der Waals surface area contributed by atoms with Crippen LogP contribution in [0.4, 0.5) is 85.3 Å². The van der Waals surface area contributed by atoms with E-state index in [0.717, 1.165) is 96.8 Å². The highest BCUT2D eigenvalue weighted by atomic mass is 16.5. The van der Waals surface area contributed by atoms with Gasteiger partial charge in [-0.1, -0.05) is 263 Å². The fourth-order valence-electron chi connectivity index (χ4n) is 15.4. The number of fused-ring (bicyclic) bond motifs is 6. The van der Waals surface area contributed by atoms with E-state index in [1.807, 2.05) is 0 Å². The van der Waals surface area contributed by atoms with E-state index in [9.17, 15) is 0 Å². The molecule has 0 radical (unpaired) electrons. The van der Waals surface area contributed by atoms with Gasteiger partial charge in [-0.3, -0.25) is 0 Å². The Hall–Kier alpha value is -9.72. The van der Waals surface area contributed by atoms with Crippen molar-refractivity contribution in [2.75, 3.05) is 24.5 Å². The minimum atomic E-state index is -0.245. The van der Waals surface area contributed by atoms with E-state index >= 15 is 0 Å². The molecule has 0 atom stereocenters. The summed E-state index contributed by atoms with van der Waals surface area (Å²) in [4.78, 5) is 12.8. The zero-order valence-electron chi connectivity index (χ0n) is 67.2. The molecule has 3 heterocycles. The van der Waals surface area contributed by atoms with Gasteiger partial charge in [-0.05, 0) is 238 Å². The molecule has 105 heavy (non-hydrogen) atoms. The molecule has 0 N–H and O–H groups in total. The van der Waals surface area contributed by atoms with E-state index in [-0.39, 0.29) is 50.0 Å². The third kappa shape index (κ3) is 13.7. The van der Waals surface area contributed by atoms with Gasteiger partial charge in [0.1, 0.15) is 0 Å². The predicted molar refractivity (Wildman–Crippen MR) is 454 cm³/mol. The Balaban J connectivity index is 1.15. The molecule has 0 aromatic heterocycles. The molecular weight excluding hydrogens is 1270 g/mol. The van der Waals surface area contributed by atoms with Crippen LogP contribution < -0.4 is 45.6 Å². The molecule has 14 rings (SSSR count). The standard InChI is InChI=1S/C98H110BN5O/c1-91(2,3)63-33-41-71(42-34-63)100(72-43-35-64(36-44-72)92(4,5)6)75-49-51-80-84(59-75)103(77-55-67(95(13,14)15)53-68(56-77)96(16,17)18)86-61-79(102-82-29-25-27-31-88(82)105-89-32-28-26-30-83(89)102)62-87-90(86)99(80)81-52-50-76(60-85(81)104(87)78-57-69(97(19,20)21)54-70(58-78)98(22,23)24)101(73-45-37-65(38-46-73)93(7,8)9)74-47-39-66(40-48-74)94(10,11)12/h25-62H,1-24H3. The van der Waals surface area contributed by atoms with E-state index in [2.05, 4.69) is 421 Å². The molecule has 3 aliphatic heterocycles. The Morgan fingerprint density at radius 2 is 0.476 bits per heavy atom. The zero-order chi connectivity index (χ0) is 75.2. The second kappa shape index (κ2) is 25.5. The summed E-state index contributed by atoms with van der Waals surface area (Å²) in [5, 5.41) is 0. The fraction of sp³-hybridized carbons (Fsp3) is 0.327. The number of benzene rings is 11. The van der Waals surface area contributed by atoms with Crippen molar-refractivity contribution in [3.05, 3.63) is 275 Å². The summed E-state index contributed by atoms with van der Waals surface area (Å²) in [7, 11) is 0. The molecule has 0 aliphatic carbocycles. The Labute approximate surface area is 629 Å². The summed E-state index contributed by atoms with van der Waals surface area (Å²) in [6, 6.07) is 89.2. The number of rotatable bonds is 9. The lowest BCUT2D eigenvalue weighted by molar-refractivity contribution is 0.477. The first-order chi connectivity index (χ1) is 49.1. The minimum Gasteiger partial charge on any atom is -0.453 e. The highest BCUT2D eigenvalue weighted by Crippen LogP contribution is 2.56. The van der Waals surface area contributed by atoms with Gasteiger partial charge in [-0.15, -0.1) is 0 Å². The van der Waals surface area contributed by atoms with Crippen LogP contribution in [0.15, 0.2) is 231 Å². The fourth-order valence-corrected chi connectivity index (χ4v) is 15.4. The molecule has 3 aliphatic rings. The van der Waals surface area contributed by atoms with Crippen molar-refractivity contribution in [1.29, 1.82) is 0 Å². The monoisotopic (exact) mass is 1380 g/mol. The highest BCUT2D eigenvalue weighted by Gasteiger charge is 2.46. The highest BCUT2D eigenvalue weighted by molar-refractivity contribution is 7.00. The Morgan fingerprint density at radius 1 is 0.229 bits per heavy atom. The lowest BCUT2D eigenvalue weighted by Crippen LogP contribution is -2.61. The third-order valence-electron chi connectivity index (χ3n) is 22.0. The molecule has 6 nitrogen and oxygen atoms in total. The molecular formula is C98H110BN5O. The van der Waals surface area contributed by atoms with Crippen molar-refractivity contribution < 1.29 is 4.74 Å². The van der Waals surface area contributed by atoms with Gasteiger partial charge in [0.15, 0.2) is 11.5 Å². The van der Waals surface area contributed by atoms with Crippen molar-refractivity contribution in [3.63, 3.8) is 0 Å². The van der Waals surface area contributed by atoms with Crippen LogP contribution in [0, 0.1) is 0 Å². The first kappa shape index (κ1) is 72.2. The van der Waals surface area contributed by atoms with Crippen LogP contribution in [-0.2, 0) is 43.3 Å². The van der Waals surface area contributed by atoms with Crippen molar-refractivity contribution >= 4 is 108 Å². The van der Waals surface area contributed by atoms with Crippen molar-refractivity contribution in [2.45, 2.75) is 209 Å². The molecule has 11 aromatic carbocycles. The number of hydrogen-bond donors (Lipinski definition) is 0.